The van der Waals surface area contributed by atoms with Crippen LogP contribution in [0, 0.1) is 6.92 Å². The van der Waals surface area contributed by atoms with E-state index >= 15 is 0 Å². The molecule has 2 rings (SSSR count). The van der Waals surface area contributed by atoms with Crippen molar-refractivity contribution in [3.63, 3.8) is 0 Å². The highest BCUT2D eigenvalue weighted by Gasteiger charge is 2.05. The molecular formula is C18H22BrNS. The van der Waals surface area contributed by atoms with Crippen LogP contribution in [-0.2, 0) is 12.3 Å². The minimum atomic E-state index is 0.942. The monoisotopic (exact) mass is 363 g/mol. The van der Waals surface area contributed by atoms with Crippen LogP contribution < -0.4 is 5.32 Å². The van der Waals surface area contributed by atoms with Gasteiger partial charge in [-0.25, -0.2) is 0 Å². The fourth-order valence-electron chi connectivity index (χ4n) is 2.17. The number of nitrogens with one attached hydrogen (secondary N) is 1. The summed E-state index contributed by atoms with van der Waals surface area (Å²) in [5, 5.41) is 3.49. The van der Waals surface area contributed by atoms with Crippen molar-refractivity contribution in [2.75, 3.05) is 6.54 Å². The Kier molecular flexibility index (Phi) is 6.81. The summed E-state index contributed by atoms with van der Waals surface area (Å²) in [6.45, 7) is 6.35. The van der Waals surface area contributed by atoms with Gasteiger partial charge in [0.15, 0.2) is 0 Å². The van der Waals surface area contributed by atoms with Crippen molar-refractivity contribution in [1.82, 2.24) is 5.32 Å². The predicted octanol–water partition coefficient (Wildman–Crippen LogP) is 5.55. The second-order valence-electron chi connectivity index (χ2n) is 5.21. The number of hydrogen-bond donors (Lipinski definition) is 1. The fraction of sp³-hybridized carbons (Fsp3) is 0.333. The van der Waals surface area contributed by atoms with Crippen molar-refractivity contribution in [2.45, 2.75) is 37.5 Å². The SMILES string of the molecule is CCCNCc1ccc(Br)cc1SCc1cccc(C)c1. The molecule has 2 aromatic rings. The molecule has 0 aliphatic heterocycles. The molecule has 0 saturated heterocycles. The minimum absolute atomic E-state index is 0.942. The van der Waals surface area contributed by atoms with Crippen molar-refractivity contribution in [2.24, 2.45) is 0 Å². The van der Waals surface area contributed by atoms with Gasteiger partial charge in [-0.1, -0.05) is 58.7 Å². The van der Waals surface area contributed by atoms with Crippen molar-refractivity contribution < 1.29 is 0 Å². The van der Waals surface area contributed by atoms with E-state index in [-0.39, 0.29) is 0 Å². The van der Waals surface area contributed by atoms with Crippen LogP contribution in [0.25, 0.3) is 0 Å². The lowest BCUT2D eigenvalue weighted by Crippen LogP contribution is -2.14. The van der Waals surface area contributed by atoms with E-state index in [0.29, 0.717) is 0 Å². The molecule has 0 heterocycles. The summed E-state index contributed by atoms with van der Waals surface area (Å²) in [6, 6.07) is 15.3. The first-order valence-electron chi connectivity index (χ1n) is 7.36. The van der Waals surface area contributed by atoms with Crippen molar-refractivity contribution in [1.29, 1.82) is 0 Å². The Labute approximate surface area is 140 Å². The maximum absolute atomic E-state index is 3.58. The third-order valence-electron chi connectivity index (χ3n) is 3.25. The highest BCUT2D eigenvalue weighted by molar-refractivity contribution is 9.10. The molecule has 112 valence electrons. The van der Waals surface area contributed by atoms with Crippen molar-refractivity contribution in [3.8, 4) is 0 Å². The molecule has 0 fully saturated rings. The Morgan fingerprint density at radius 1 is 1.14 bits per heavy atom. The second kappa shape index (κ2) is 8.62. The van der Waals surface area contributed by atoms with Gasteiger partial charge in [0.1, 0.15) is 0 Å². The van der Waals surface area contributed by atoms with Crippen LogP contribution in [-0.4, -0.2) is 6.54 Å². The highest BCUT2D eigenvalue weighted by atomic mass is 79.9. The molecule has 0 atom stereocenters. The maximum atomic E-state index is 3.58. The topological polar surface area (TPSA) is 12.0 Å². The summed E-state index contributed by atoms with van der Waals surface area (Å²) >= 11 is 5.49. The summed E-state index contributed by atoms with van der Waals surface area (Å²) in [4.78, 5) is 1.36. The van der Waals surface area contributed by atoms with E-state index in [2.05, 4.69) is 77.6 Å². The van der Waals surface area contributed by atoms with E-state index in [1.807, 2.05) is 11.8 Å². The number of halogens is 1. The number of hydrogen-bond acceptors (Lipinski definition) is 2. The lowest BCUT2D eigenvalue weighted by atomic mass is 10.2. The molecule has 0 spiro atoms. The van der Waals surface area contributed by atoms with E-state index in [9.17, 15) is 0 Å². The van der Waals surface area contributed by atoms with E-state index in [0.717, 1.165) is 23.3 Å². The molecule has 0 aliphatic rings. The van der Waals surface area contributed by atoms with E-state index in [1.165, 1.54) is 28.0 Å². The smallest absolute Gasteiger partial charge is 0.0232 e. The zero-order valence-electron chi connectivity index (χ0n) is 12.7. The minimum Gasteiger partial charge on any atom is -0.313 e. The molecule has 0 aromatic heterocycles. The lowest BCUT2D eigenvalue weighted by Gasteiger charge is -2.11. The normalized spacial score (nSPS) is 10.8. The molecule has 0 unspecified atom stereocenters. The molecule has 0 saturated carbocycles. The Hall–Kier alpha value is -0.770. The molecule has 0 amide bonds. The van der Waals surface area contributed by atoms with Gasteiger partial charge >= 0.3 is 0 Å². The summed E-state index contributed by atoms with van der Waals surface area (Å²) in [7, 11) is 0. The lowest BCUT2D eigenvalue weighted by molar-refractivity contribution is 0.669. The number of aryl methyl sites for hydroxylation is 1. The van der Waals surface area contributed by atoms with Crippen LogP contribution in [0.15, 0.2) is 51.8 Å². The van der Waals surface area contributed by atoms with Gasteiger partial charge in [-0.3, -0.25) is 0 Å². The molecule has 0 radical (unpaired) electrons. The summed E-state index contributed by atoms with van der Waals surface area (Å²) < 4.78 is 1.15. The van der Waals surface area contributed by atoms with Gasteiger partial charge in [-0.05, 0) is 43.1 Å². The van der Waals surface area contributed by atoms with Crippen molar-refractivity contribution in [3.05, 3.63) is 63.6 Å². The third kappa shape index (κ3) is 5.50. The number of rotatable bonds is 7. The van der Waals surface area contributed by atoms with Crippen LogP contribution in [0.1, 0.15) is 30.0 Å². The molecule has 1 nitrogen and oxygen atoms in total. The van der Waals surface area contributed by atoms with Gasteiger partial charge in [0.25, 0.3) is 0 Å². The van der Waals surface area contributed by atoms with Crippen LogP contribution in [0.3, 0.4) is 0 Å². The molecule has 2 aromatic carbocycles. The predicted molar refractivity (Wildman–Crippen MR) is 96.9 cm³/mol. The van der Waals surface area contributed by atoms with Crippen LogP contribution in [0.2, 0.25) is 0 Å². The zero-order chi connectivity index (χ0) is 15.1. The summed E-state index contributed by atoms with van der Waals surface area (Å²) in [6.07, 6.45) is 1.17. The molecule has 0 aliphatic carbocycles. The van der Waals surface area contributed by atoms with E-state index < -0.39 is 0 Å². The van der Waals surface area contributed by atoms with Gasteiger partial charge in [0.05, 0.1) is 0 Å². The first-order valence-corrected chi connectivity index (χ1v) is 9.14. The second-order valence-corrected chi connectivity index (χ2v) is 7.14. The Balaban J connectivity index is 2.05. The summed E-state index contributed by atoms with van der Waals surface area (Å²) in [5.41, 5.74) is 4.09. The van der Waals surface area contributed by atoms with Gasteiger partial charge in [0.2, 0.25) is 0 Å². The number of benzene rings is 2. The first kappa shape index (κ1) is 16.6. The Morgan fingerprint density at radius 2 is 2.00 bits per heavy atom. The van der Waals surface area contributed by atoms with Crippen LogP contribution >= 0.6 is 27.7 Å². The Bertz CT molecular complexity index is 583. The highest BCUT2D eigenvalue weighted by Crippen LogP contribution is 2.29. The van der Waals surface area contributed by atoms with Crippen LogP contribution in [0.5, 0.6) is 0 Å². The van der Waals surface area contributed by atoms with Gasteiger partial charge in [0, 0.05) is 21.7 Å². The Morgan fingerprint density at radius 3 is 2.76 bits per heavy atom. The van der Waals surface area contributed by atoms with E-state index in [1.54, 1.807) is 0 Å². The van der Waals surface area contributed by atoms with Crippen molar-refractivity contribution >= 4 is 27.7 Å². The first-order chi connectivity index (χ1) is 10.2. The third-order valence-corrected chi connectivity index (χ3v) is 4.91. The molecular weight excluding hydrogens is 342 g/mol. The number of thioether (sulfide) groups is 1. The maximum Gasteiger partial charge on any atom is 0.0232 e. The molecule has 0 bridgehead atoms. The molecule has 21 heavy (non-hydrogen) atoms. The standard InChI is InChI=1S/C18H22BrNS/c1-3-9-20-12-16-7-8-17(19)11-18(16)21-13-15-6-4-5-14(2)10-15/h4-8,10-11,20H,3,9,12-13H2,1-2H3. The van der Waals surface area contributed by atoms with Crippen LogP contribution in [0.4, 0.5) is 0 Å². The zero-order valence-corrected chi connectivity index (χ0v) is 15.1. The fourth-order valence-corrected chi connectivity index (χ4v) is 3.72. The molecule has 3 heteroatoms. The molecule has 1 N–H and O–H groups in total. The summed E-state index contributed by atoms with van der Waals surface area (Å²) in [5.74, 6) is 1.01. The average molecular weight is 364 g/mol. The van der Waals surface area contributed by atoms with Gasteiger partial charge in [-0.15, -0.1) is 11.8 Å². The van der Waals surface area contributed by atoms with Gasteiger partial charge < -0.3 is 5.32 Å². The van der Waals surface area contributed by atoms with E-state index in [4.69, 9.17) is 0 Å². The largest absolute Gasteiger partial charge is 0.313 e. The quantitative estimate of drug-likeness (QED) is 0.511. The van der Waals surface area contributed by atoms with Gasteiger partial charge in [-0.2, -0.15) is 0 Å². The average Bonchev–Trinajstić information content (AvgIpc) is 2.47.